The van der Waals surface area contributed by atoms with E-state index in [1.807, 2.05) is 38.1 Å². The molecule has 0 aliphatic rings. The van der Waals surface area contributed by atoms with Crippen molar-refractivity contribution in [3.8, 4) is 0 Å². The van der Waals surface area contributed by atoms with Crippen LogP contribution in [0.4, 0.5) is 0 Å². The van der Waals surface area contributed by atoms with Crippen molar-refractivity contribution in [2.75, 3.05) is 13.2 Å². The number of amides is 1. The molecular formula is C16H18N2O3. The molecule has 1 aromatic heterocycles. The first kappa shape index (κ1) is 15.0. The summed E-state index contributed by atoms with van der Waals surface area (Å²) in [5, 5.41) is 3.63. The first-order chi connectivity index (χ1) is 10.1. The van der Waals surface area contributed by atoms with E-state index in [9.17, 15) is 9.59 Å². The van der Waals surface area contributed by atoms with Crippen molar-refractivity contribution < 1.29 is 14.3 Å². The summed E-state index contributed by atoms with van der Waals surface area (Å²) in [6.07, 6.45) is 0. The molecule has 0 aliphatic carbocycles. The van der Waals surface area contributed by atoms with Gasteiger partial charge in [-0.2, -0.15) is 0 Å². The fraction of sp³-hybridized carbons (Fsp3) is 0.312. The van der Waals surface area contributed by atoms with Gasteiger partial charge in [0, 0.05) is 11.9 Å². The van der Waals surface area contributed by atoms with E-state index in [0.29, 0.717) is 12.5 Å². The molecule has 2 rings (SSSR count). The molecule has 5 nitrogen and oxygen atoms in total. The second kappa shape index (κ2) is 6.83. The molecule has 0 fully saturated rings. The number of nitrogens with zero attached hydrogens (tertiary/aromatic N) is 1. The van der Waals surface area contributed by atoms with E-state index in [-0.39, 0.29) is 18.2 Å². The number of esters is 1. The third kappa shape index (κ3) is 4.27. The van der Waals surface area contributed by atoms with Crippen LogP contribution < -0.4 is 5.32 Å². The van der Waals surface area contributed by atoms with Gasteiger partial charge in [0.25, 0.3) is 5.91 Å². The molecule has 1 amide bonds. The molecular weight excluding hydrogens is 268 g/mol. The predicted octanol–water partition coefficient (Wildman–Crippen LogP) is 2.16. The smallest absolute Gasteiger partial charge is 0.357 e. The van der Waals surface area contributed by atoms with Gasteiger partial charge in [-0.25, -0.2) is 9.78 Å². The van der Waals surface area contributed by atoms with E-state index < -0.39 is 5.97 Å². The zero-order valence-electron chi connectivity index (χ0n) is 12.1. The lowest BCUT2D eigenvalue weighted by Crippen LogP contribution is -2.31. The van der Waals surface area contributed by atoms with Gasteiger partial charge in [-0.3, -0.25) is 4.79 Å². The van der Waals surface area contributed by atoms with Crippen molar-refractivity contribution >= 4 is 22.8 Å². The van der Waals surface area contributed by atoms with Crippen LogP contribution in [0.1, 0.15) is 24.3 Å². The van der Waals surface area contributed by atoms with Gasteiger partial charge in [0.15, 0.2) is 6.61 Å². The number of pyridine rings is 1. The van der Waals surface area contributed by atoms with E-state index in [4.69, 9.17) is 4.74 Å². The van der Waals surface area contributed by atoms with Gasteiger partial charge >= 0.3 is 5.97 Å². The van der Waals surface area contributed by atoms with E-state index >= 15 is 0 Å². The van der Waals surface area contributed by atoms with Crippen LogP contribution in [-0.4, -0.2) is 30.0 Å². The number of rotatable bonds is 5. The number of benzene rings is 1. The molecule has 0 bridgehead atoms. The molecule has 0 spiro atoms. The quantitative estimate of drug-likeness (QED) is 0.855. The minimum Gasteiger partial charge on any atom is -0.451 e. The highest BCUT2D eigenvalue weighted by molar-refractivity contribution is 5.92. The Morgan fingerprint density at radius 1 is 1.19 bits per heavy atom. The van der Waals surface area contributed by atoms with Gasteiger partial charge in [0.1, 0.15) is 5.69 Å². The van der Waals surface area contributed by atoms with Crippen molar-refractivity contribution in [1.29, 1.82) is 0 Å². The topological polar surface area (TPSA) is 68.3 Å². The standard InChI is InChI=1S/C16H18N2O3/c1-11(2)9-17-15(19)10-21-16(20)14-8-7-12-5-3-4-6-13(12)18-14/h3-8,11H,9-10H2,1-2H3,(H,17,19). The molecule has 110 valence electrons. The van der Waals surface area contributed by atoms with Crippen LogP contribution in [0.3, 0.4) is 0 Å². The summed E-state index contributed by atoms with van der Waals surface area (Å²) in [5.41, 5.74) is 0.918. The third-order valence-corrected chi connectivity index (χ3v) is 2.85. The summed E-state index contributed by atoms with van der Waals surface area (Å²) in [4.78, 5) is 27.6. The monoisotopic (exact) mass is 286 g/mol. The highest BCUT2D eigenvalue weighted by Crippen LogP contribution is 2.12. The first-order valence-electron chi connectivity index (χ1n) is 6.86. The first-order valence-corrected chi connectivity index (χ1v) is 6.86. The van der Waals surface area contributed by atoms with Crippen LogP contribution in [0.2, 0.25) is 0 Å². The minimum atomic E-state index is -0.597. The Bertz CT molecular complexity index is 653. The molecule has 0 radical (unpaired) electrons. The molecule has 0 saturated heterocycles. The molecule has 0 aliphatic heterocycles. The van der Waals surface area contributed by atoms with Crippen LogP contribution in [0.25, 0.3) is 10.9 Å². The van der Waals surface area contributed by atoms with E-state index in [1.165, 1.54) is 0 Å². The van der Waals surface area contributed by atoms with Gasteiger partial charge < -0.3 is 10.1 Å². The highest BCUT2D eigenvalue weighted by atomic mass is 16.5. The van der Waals surface area contributed by atoms with Gasteiger partial charge in [-0.1, -0.05) is 38.1 Å². The Hall–Kier alpha value is -2.43. The third-order valence-electron chi connectivity index (χ3n) is 2.85. The zero-order valence-corrected chi connectivity index (χ0v) is 12.1. The van der Waals surface area contributed by atoms with Crippen LogP contribution >= 0.6 is 0 Å². The summed E-state index contributed by atoms with van der Waals surface area (Å²) in [6.45, 7) is 4.25. The number of aromatic nitrogens is 1. The molecule has 0 atom stereocenters. The van der Waals surface area contributed by atoms with Crippen LogP contribution in [0.5, 0.6) is 0 Å². The number of fused-ring (bicyclic) bond motifs is 1. The molecule has 0 saturated carbocycles. The minimum absolute atomic E-state index is 0.199. The van der Waals surface area contributed by atoms with Gasteiger partial charge in [-0.05, 0) is 18.1 Å². The molecule has 5 heteroatoms. The summed E-state index contributed by atoms with van der Waals surface area (Å²) >= 11 is 0. The highest BCUT2D eigenvalue weighted by Gasteiger charge is 2.12. The summed E-state index contributed by atoms with van der Waals surface area (Å²) in [7, 11) is 0. The van der Waals surface area contributed by atoms with Crippen molar-refractivity contribution in [3.05, 3.63) is 42.1 Å². The molecule has 1 N–H and O–H groups in total. The molecule has 1 aromatic carbocycles. The lowest BCUT2D eigenvalue weighted by Gasteiger charge is -2.08. The Balaban J connectivity index is 1.94. The number of hydrogen-bond donors (Lipinski definition) is 1. The van der Waals surface area contributed by atoms with E-state index in [1.54, 1.807) is 12.1 Å². The lowest BCUT2D eigenvalue weighted by molar-refractivity contribution is -0.124. The lowest BCUT2D eigenvalue weighted by atomic mass is 10.2. The number of para-hydroxylation sites is 1. The van der Waals surface area contributed by atoms with Gasteiger partial charge in [0.2, 0.25) is 0 Å². The van der Waals surface area contributed by atoms with Gasteiger partial charge in [0.05, 0.1) is 5.52 Å². The van der Waals surface area contributed by atoms with Crippen LogP contribution in [0.15, 0.2) is 36.4 Å². The Labute approximate surface area is 123 Å². The van der Waals surface area contributed by atoms with Crippen LogP contribution in [0, 0.1) is 5.92 Å². The largest absolute Gasteiger partial charge is 0.451 e. The van der Waals surface area contributed by atoms with Gasteiger partial charge in [-0.15, -0.1) is 0 Å². The fourth-order valence-corrected chi connectivity index (χ4v) is 1.75. The normalized spacial score (nSPS) is 10.6. The summed E-state index contributed by atoms with van der Waals surface area (Å²) < 4.78 is 4.96. The number of carbonyl (C=O) groups is 2. The molecule has 21 heavy (non-hydrogen) atoms. The molecule has 0 unspecified atom stereocenters. The zero-order chi connectivity index (χ0) is 15.2. The van der Waals surface area contributed by atoms with Crippen molar-refractivity contribution in [2.24, 2.45) is 5.92 Å². The van der Waals surface area contributed by atoms with E-state index in [2.05, 4.69) is 10.3 Å². The molecule has 1 heterocycles. The number of hydrogen-bond acceptors (Lipinski definition) is 4. The predicted molar refractivity (Wildman–Crippen MR) is 79.9 cm³/mol. The average molecular weight is 286 g/mol. The number of ether oxygens (including phenoxy) is 1. The van der Waals surface area contributed by atoms with Crippen molar-refractivity contribution in [3.63, 3.8) is 0 Å². The Morgan fingerprint density at radius 2 is 1.95 bits per heavy atom. The van der Waals surface area contributed by atoms with Crippen molar-refractivity contribution in [2.45, 2.75) is 13.8 Å². The maximum absolute atomic E-state index is 11.9. The summed E-state index contributed by atoms with van der Waals surface area (Å²) in [6, 6.07) is 10.9. The average Bonchev–Trinajstić information content (AvgIpc) is 2.50. The number of nitrogens with one attached hydrogen (secondary N) is 1. The Morgan fingerprint density at radius 3 is 2.71 bits per heavy atom. The number of carbonyl (C=O) groups excluding carboxylic acids is 2. The van der Waals surface area contributed by atoms with Crippen LogP contribution in [-0.2, 0) is 9.53 Å². The van der Waals surface area contributed by atoms with E-state index in [0.717, 1.165) is 10.9 Å². The SMILES string of the molecule is CC(C)CNC(=O)COC(=O)c1ccc2ccccc2n1. The Kier molecular flexibility index (Phi) is 4.87. The van der Waals surface area contributed by atoms with Crippen molar-refractivity contribution in [1.82, 2.24) is 10.3 Å². The molecule has 2 aromatic rings. The second-order valence-corrected chi connectivity index (χ2v) is 5.16. The maximum atomic E-state index is 11.9. The second-order valence-electron chi connectivity index (χ2n) is 5.16. The fourth-order valence-electron chi connectivity index (χ4n) is 1.75. The summed E-state index contributed by atoms with van der Waals surface area (Å²) in [5.74, 6) is -0.551. The maximum Gasteiger partial charge on any atom is 0.357 e.